The fourth-order valence-electron chi connectivity index (χ4n) is 2.58. The number of carbonyl (C=O) groups excluding carboxylic acids is 1. The molecule has 0 saturated heterocycles. The number of carbonyl (C=O) groups is 2. The Hall–Kier alpha value is -2.82. The van der Waals surface area contributed by atoms with E-state index in [0.717, 1.165) is 12.0 Å². The van der Waals surface area contributed by atoms with Crippen LogP contribution in [0.3, 0.4) is 0 Å². The maximum Gasteiger partial charge on any atom is 0.335 e. The first-order chi connectivity index (χ1) is 11.5. The fourth-order valence-corrected chi connectivity index (χ4v) is 2.58. The maximum absolute atomic E-state index is 12.4. The molecular weight excluding hydrogens is 306 g/mol. The van der Waals surface area contributed by atoms with Crippen LogP contribution in [0.15, 0.2) is 48.5 Å². The van der Waals surface area contributed by atoms with Gasteiger partial charge in [-0.15, -0.1) is 0 Å². The van der Waals surface area contributed by atoms with E-state index in [-0.39, 0.29) is 17.4 Å². The molecule has 2 aromatic carbocycles. The van der Waals surface area contributed by atoms with Gasteiger partial charge in [0.15, 0.2) is 0 Å². The van der Waals surface area contributed by atoms with Crippen LogP contribution in [0, 0.1) is 0 Å². The van der Waals surface area contributed by atoms with Crippen LogP contribution in [0.2, 0.25) is 0 Å². The smallest absolute Gasteiger partial charge is 0.335 e. The van der Waals surface area contributed by atoms with Crippen molar-refractivity contribution in [1.82, 2.24) is 0 Å². The first kappa shape index (κ1) is 17.5. The molecule has 5 heteroatoms. The van der Waals surface area contributed by atoms with E-state index in [4.69, 9.17) is 9.84 Å². The third kappa shape index (κ3) is 4.35. The minimum Gasteiger partial charge on any atom is -0.495 e. The number of aromatic carboxylic acids is 1. The van der Waals surface area contributed by atoms with Gasteiger partial charge < -0.3 is 15.2 Å². The van der Waals surface area contributed by atoms with E-state index in [1.807, 2.05) is 37.3 Å². The topological polar surface area (TPSA) is 75.6 Å². The van der Waals surface area contributed by atoms with Crippen LogP contribution in [-0.4, -0.2) is 24.1 Å². The van der Waals surface area contributed by atoms with E-state index in [1.54, 1.807) is 6.07 Å². The van der Waals surface area contributed by atoms with Gasteiger partial charge >= 0.3 is 5.97 Å². The van der Waals surface area contributed by atoms with Crippen molar-refractivity contribution in [3.63, 3.8) is 0 Å². The second-order valence-corrected chi connectivity index (χ2v) is 5.49. The minimum absolute atomic E-state index is 0.112. The van der Waals surface area contributed by atoms with Crippen LogP contribution >= 0.6 is 0 Å². The second kappa shape index (κ2) is 8.15. The Kier molecular flexibility index (Phi) is 5.95. The molecule has 126 valence electrons. The Labute approximate surface area is 141 Å². The summed E-state index contributed by atoms with van der Waals surface area (Å²) < 4.78 is 5.17. The van der Waals surface area contributed by atoms with Gasteiger partial charge in [0.05, 0.1) is 18.4 Å². The van der Waals surface area contributed by atoms with Crippen LogP contribution in [0.5, 0.6) is 5.75 Å². The van der Waals surface area contributed by atoms with Crippen LogP contribution in [0.1, 0.15) is 41.6 Å². The van der Waals surface area contributed by atoms with Gasteiger partial charge in [0, 0.05) is 6.42 Å². The van der Waals surface area contributed by atoms with Crippen molar-refractivity contribution in [1.29, 1.82) is 0 Å². The zero-order chi connectivity index (χ0) is 17.5. The average Bonchev–Trinajstić information content (AvgIpc) is 2.60. The normalized spacial score (nSPS) is 11.6. The Bertz CT molecular complexity index is 713. The largest absolute Gasteiger partial charge is 0.495 e. The van der Waals surface area contributed by atoms with Crippen LogP contribution < -0.4 is 10.1 Å². The Morgan fingerprint density at radius 2 is 1.88 bits per heavy atom. The van der Waals surface area contributed by atoms with Crippen molar-refractivity contribution in [3.05, 3.63) is 59.7 Å². The first-order valence-corrected chi connectivity index (χ1v) is 7.81. The van der Waals surface area contributed by atoms with Gasteiger partial charge in [0.2, 0.25) is 5.91 Å². The molecule has 1 atom stereocenters. The first-order valence-electron chi connectivity index (χ1n) is 7.81. The van der Waals surface area contributed by atoms with Gasteiger partial charge in [-0.3, -0.25) is 4.79 Å². The Morgan fingerprint density at radius 3 is 2.46 bits per heavy atom. The molecule has 1 amide bonds. The summed E-state index contributed by atoms with van der Waals surface area (Å²) >= 11 is 0. The lowest BCUT2D eigenvalue weighted by atomic mass is 9.93. The highest BCUT2D eigenvalue weighted by Crippen LogP contribution is 2.28. The number of amides is 1. The van der Waals surface area contributed by atoms with E-state index in [2.05, 4.69) is 5.32 Å². The fraction of sp³-hybridized carbons (Fsp3) is 0.263. The lowest BCUT2D eigenvalue weighted by Gasteiger charge is -2.16. The van der Waals surface area contributed by atoms with Crippen molar-refractivity contribution in [2.45, 2.75) is 25.7 Å². The monoisotopic (exact) mass is 327 g/mol. The zero-order valence-corrected chi connectivity index (χ0v) is 13.8. The molecule has 2 N–H and O–H groups in total. The van der Waals surface area contributed by atoms with E-state index in [0.29, 0.717) is 17.9 Å². The van der Waals surface area contributed by atoms with Crippen LogP contribution in [0.4, 0.5) is 5.69 Å². The molecule has 0 saturated carbocycles. The van der Waals surface area contributed by atoms with Crippen molar-refractivity contribution in [2.75, 3.05) is 12.4 Å². The lowest BCUT2D eigenvalue weighted by molar-refractivity contribution is -0.116. The highest BCUT2D eigenvalue weighted by Gasteiger charge is 2.16. The molecule has 2 aromatic rings. The van der Waals surface area contributed by atoms with Crippen molar-refractivity contribution in [3.8, 4) is 5.75 Å². The molecule has 0 aliphatic rings. The van der Waals surface area contributed by atoms with Gasteiger partial charge in [-0.2, -0.15) is 0 Å². The van der Waals surface area contributed by atoms with Gasteiger partial charge in [-0.05, 0) is 36.1 Å². The predicted molar refractivity (Wildman–Crippen MR) is 92.7 cm³/mol. The van der Waals surface area contributed by atoms with Crippen LogP contribution in [0.25, 0.3) is 0 Å². The molecule has 0 bridgehead atoms. The quantitative estimate of drug-likeness (QED) is 0.808. The molecule has 0 aromatic heterocycles. The predicted octanol–water partition coefficient (Wildman–Crippen LogP) is 3.92. The summed E-state index contributed by atoms with van der Waals surface area (Å²) in [5.74, 6) is -0.708. The second-order valence-electron chi connectivity index (χ2n) is 5.49. The summed E-state index contributed by atoms with van der Waals surface area (Å²) in [6, 6.07) is 14.3. The Balaban J connectivity index is 2.10. The molecule has 2 rings (SSSR count). The summed E-state index contributed by atoms with van der Waals surface area (Å²) in [6.45, 7) is 2.05. The molecule has 0 spiro atoms. The summed E-state index contributed by atoms with van der Waals surface area (Å²) in [5.41, 5.74) is 1.71. The minimum atomic E-state index is -1.04. The summed E-state index contributed by atoms with van der Waals surface area (Å²) in [4.78, 5) is 23.4. The number of rotatable bonds is 7. The number of anilines is 1. The number of carboxylic acid groups (broad SMARTS) is 1. The third-order valence-corrected chi connectivity index (χ3v) is 3.92. The van der Waals surface area contributed by atoms with Crippen LogP contribution in [-0.2, 0) is 4.79 Å². The van der Waals surface area contributed by atoms with Gasteiger partial charge in [-0.1, -0.05) is 37.3 Å². The molecule has 5 nitrogen and oxygen atoms in total. The zero-order valence-electron chi connectivity index (χ0n) is 13.8. The van der Waals surface area contributed by atoms with Gasteiger partial charge in [-0.25, -0.2) is 4.79 Å². The van der Waals surface area contributed by atoms with E-state index in [9.17, 15) is 9.59 Å². The van der Waals surface area contributed by atoms with E-state index < -0.39 is 5.97 Å². The van der Waals surface area contributed by atoms with Gasteiger partial charge in [0.1, 0.15) is 5.75 Å². The summed E-state index contributed by atoms with van der Waals surface area (Å²) in [5, 5.41) is 11.8. The number of nitrogens with one attached hydrogen (secondary N) is 1. The number of hydrogen-bond acceptors (Lipinski definition) is 3. The van der Waals surface area contributed by atoms with Crippen molar-refractivity contribution < 1.29 is 19.4 Å². The van der Waals surface area contributed by atoms with Gasteiger partial charge in [0.25, 0.3) is 0 Å². The third-order valence-electron chi connectivity index (χ3n) is 3.92. The number of hydrogen-bond donors (Lipinski definition) is 2. The Morgan fingerprint density at radius 1 is 1.17 bits per heavy atom. The van der Waals surface area contributed by atoms with Crippen molar-refractivity contribution >= 4 is 17.6 Å². The molecule has 0 aliphatic carbocycles. The molecule has 24 heavy (non-hydrogen) atoms. The molecule has 0 heterocycles. The van der Waals surface area contributed by atoms with E-state index in [1.165, 1.54) is 19.2 Å². The van der Waals surface area contributed by atoms with Crippen molar-refractivity contribution in [2.24, 2.45) is 0 Å². The molecule has 1 unspecified atom stereocenters. The molecule has 0 fully saturated rings. The highest BCUT2D eigenvalue weighted by atomic mass is 16.5. The highest BCUT2D eigenvalue weighted by molar-refractivity contribution is 5.94. The number of benzene rings is 2. The molecule has 0 aliphatic heterocycles. The summed E-state index contributed by atoms with van der Waals surface area (Å²) in [7, 11) is 1.44. The number of methoxy groups -OCH3 is 1. The molecule has 0 radical (unpaired) electrons. The maximum atomic E-state index is 12.4. The van der Waals surface area contributed by atoms with E-state index >= 15 is 0 Å². The lowest BCUT2D eigenvalue weighted by Crippen LogP contribution is -2.16. The SMILES string of the molecule is CCC(CC(=O)Nc1ccc(C(=O)O)cc1OC)c1ccccc1. The summed E-state index contributed by atoms with van der Waals surface area (Å²) in [6.07, 6.45) is 1.21. The standard InChI is InChI=1S/C19H21NO4/c1-3-13(14-7-5-4-6-8-14)12-18(21)20-16-10-9-15(19(22)23)11-17(16)24-2/h4-11,13H,3,12H2,1-2H3,(H,20,21)(H,22,23). The number of carboxylic acids is 1. The number of ether oxygens (including phenoxy) is 1. The average molecular weight is 327 g/mol. The molecular formula is C19H21NO4.